The summed E-state index contributed by atoms with van der Waals surface area (Å²) < 4.78 is 5.62. The monoisotopic (exact) mass is 295 g/mol. The first-order valence-corrected chi connectivity index (χ1v) is 8.19. The topological polar surface area (TPSA) is 12.5 Å². The summed E-state index contributed by atoms with van der Waals surface area (Å²) in [7, 11) is 1.75. The predicted octanol–water partition coefficient (Wildman–Crippen LogP) is 4.97. The maximum atomic E-state index is 5.62. The minimum Gasteiger partial charge on any atom is -0.496 e. The van der Waals surface area contributed by atoms with Crippen LogP contribution in [0.5, 0.6) is 5.75 Å². The van der Waals surface area contributed by atoms with Gasteiger partial charge in [-0.25, -0.2) is 0 Å². The lowest BCUT2D eigenvalue weighted by molar-refractivity contribution is 0.416. The van der Waals surface area contributed by atoms with Gasteiger partial charge in [0.25, 0.3) is 0 Å². The molecule has 2 heteroatoms. The first-order valence-electron chi connectivity index (χ1n) is 8.19. The molecule has 0 unspecified atom stereocenters. The van der Waals surface area contributed by atoms with Crippen LogP contribution in [0.1, 0.15) is 30.4 Å². The number of rotatable bonds is 3. The number of hydrogen-bond donors (Lipinski definition) is 0. The van der Waals surface area contributed by atoms with Crippen molar-refractivity contribution >= 4 is 5.69 Å². The Bertz CT molecular complexity index is 657. The highest BCUT2D eigenvalue weighted by Crippen LogP contribution is 2.38. The van der Waals surface area contributed by atoms with E-state index in [1.807, 2.05) is 0 Å². The van der Waals surface area contributed by atoms with Crippen LogP contribution in [-0.4, -0.2) is 20.2 Å². The Labute approximate surface area is 133 Å². The molecule has 0 radical (unpaired) electrons. The van der Waals surface area contributed by atoms with Crippen molar-refractivity contribution in [1.29, 1.82) is 0 Å². The molecular weight excluding hydrogens is 270 g/mol. The lowest BCUT2D eigenvalue weighted by Crippen LogP contribution is -2.29. The van der Waals surface area contributed by atoms with Crippen molar-refractivity contribution in [2.24, 2.45) is 0 Å². The summed E-state index contributed by atoms with van der Waals surface area (Å²) >= 11 is 0. The van der Waals surface area contributed by atoms with Crippen LogP contribution in [-0.2, 0) is 0 Å². The van der Waals surface area contributed by atoms with Crippen molar-refractivity contribution in [2.45, 2.75) is 33.1 Å². The van der Waals surface area contributed by atoms with Crippen molar-refractivity contribution < 1.29 is 4.74 Å². The fraction of sp³-hybridized carbons (Fsp3) is 0.400. The summed E-state index contributed by atoms with van der Waals surface area (Å²) in [5.41, 5.74) is 6.39. The smallest absolute Gasteiger partial charge is 0.126 e. The number of methoxy groups -OCH3 is 1. The Kier molecular flexibility index (Phi) is 4.37. The number of aryl methyl sites for hydroxylation is 2. The molecule has 0 aliphatic carbocycles. The standard InChI is InChI=1S/C20H25NO/c1-15-7-9-19(21-11-5-4-6-12-21)17(13-15)18-14-16(2)8-10-20(18)22-3/h7-10,13-14H,4-6,11-12H2,1-3H3. The number of piperidine rings is 1. The van der Waals surface area contributed by atoms with Gasteiger partial charge in [0.05, 0.1) is 7.11 Å². The maximum absolute atomic E-state index is 5.62. The lowest BCUT2D eigenvalue weighted by Gasteiger charge is -2.31. The van der Waals surface area contributed by atoms with Crippen LogP contribution in [0.4, 0.5) is 5.69 Å². The van der Waals surface area contributed by atoms with E-state index in [-0.39, 0.29) is 0 Å². The minimum absolute atomic E-state index is 0.953. The van der Waals surface area contributed by atoms with Crippen LogP contribution in [0.15, 0.2) is 36.4 Å². The molecule has 3 rings (SSSR count). The van der Waals surface area contributed by atoms with Gasteiger partial charge in [0.15, 0.2) is 0 Å². The van der Waals surface area contributed by atoms with E-state index in [0.29, 0.717) is 0 Å². The number of benzene rings is 2. The molecule has 0 N–H and O–H groups in total. The largest absolute Gasteiger partial charge is 0.496 e. The summed E-state index contributed by atoms with van der Waals surface area (Å²) in [5.74, 6) is 0.953. The second kappa shape index (κ2) is 6.43. The maximum Gasteiger partial charge on any atom is 0.126 e. The predicted molar refractivity (Wildman–Crippen MR) is 94.0 cm³/mol. The second-order valence-electron chi connectivity index (χ2n) is 6.27. The summed E-state index contributed by atoms with van der Waals surface area (Å²) in [4.78, 5) is 2.53. The van der Waals surface area contributed by atoms with E-state index in [1.165, 1.54) is 47.2 Å². The zero-order valence-electron chi connectivity index (χ0n) is 13.9. The van der Waals surface area contributed by atoms with Gasteiger partial charge >= 0.3 is 0 Å². The molecule has 1 aliphatic heterocycles. The zero-order chi connectivity index (χ0) is 15.5. The lowest BCUT2D eigenvalue weighted by atomic mass is 9.97. The third-order valence-electron chi connectivity index (χ3n) is 4.49. The van der Waals surface area contributed by atoms with Gasteiger partial charge in [0, 0.05) is 29.9 Å². The molecule has 1 aliphatic rings. The fourth-order valence-electron chi connectivity index (χ4n) is 3.31. The van der Waals surface area contributed by atoms with Crippen LogP contribution in [0.25, 0.3) is 11.1 Å². The van der Waals surface area contributed by atoms with Gasteiger partial charge in [-0.15, -0.1) is 0 Å². The summed E-state index contributed by atoms with van der Waals surface area (Å²) in [6, 6.07) is 13.2. The van der Waals surface area contributed by atoms with Crippen LogP contribution in [0.3, 0.4) is 0 Å². The van der Waals surface area contributed by atoms with Crippen LogP contribution >= 0.6 is 0 Å². The van der Waals surface area contributed by atoms with Crippen LogP contribution in [0, 0.1) is 13.8 Å². The average molecular weight is 295 g/mol. The number of hydrogen-bond acceptors (Lipinski definition) is 2. The molecule has 116 valence electrons. The van der Waals surface area contributed by atoms with E-state index in [2.05, 4.69) is 55.1 Å². The molecular formula is C20H25NO. The molecule has 0 atom stereocenters. The van der Waals surface area contributed by atoms with E-state index in [1.54, 1.807) is 7.11 Å². The normalized spacial score (nSPS) is 15.0. The van der Waals surface area contributed by atoms with Crippen LogP contribution < -0.4 is 9.64 Å². The van der Waals surface area contributed by atoms with E-state index in [4.69, 9.17) is 4.74 Å². The van der Waals surface area contributed by atoms with E-state index in [9.17, 15) is 0 Å². The van der Waals surface area contributed by atoms with Gasteiger partial charge in [-0.1, -0.05) is 23.3 Å². The Morgan fingerprint density at radius 1 is 0.818 bits per heavy atom. The molecule has 2 aromatic rings. The number of ether oxygens (including phenoxy) is 1. The summed E-state index contributed by atoms with van der Waals surface area (Å²) in [6.07, 6.45) is 3.93. The SMILES string of the molecule is COc1ccc(C)cc1-c1cc(C)ccc1N1CCCCC1. The van der Waals surface area contributed by atoms with Crippen molar-refractivity contribution in [3.63, 3.8) is 0 Å². The first-order chi connectivity index (χ1) is 10.7. The summed E-state index contributed by atoms with van der Waals surface area (Å²) in [5, 5.41) is 0. The second-order valence-corrected chi connectivity index (χ2v) is 6.27. The highest BCUT2D eigenvalue weighted by molar-refractivity contribution is 5.83. The van der Waals surface area contributed by atoms with Gasteiger partial charge in [0.2, 0.25) is 0 Å². The highest BCUT2D eigenvalue weighted by atomic mass is 16.5. The number of anilines is 1. The number of nitrogens with zero attached hydrogens (tertiary/aromatic N) is 1. The molecule has 0 spiro atoms. The third-order valence-corrected chi connectivity index (χ3v) is 4.49. The van der Waals surface area contributed by atoms with E-state index >= 15 is 0 Å². The fourth-order valence-corrected chi connectivity index (χ4v) is 3.31. The molecule has 22 heavy (non-hydrogen) atoms. The molecule has 0 bridgehead atoms. The average Bonchev–Trinajstić information content (AvgIpc) is 2.55. The van der Waals surface area contributed by atoms with Crippen molar-refractivity contribution in [2.75, 3.05) is 25.1 Å². The van der Waals surface area contributed by atoms with Crippen LogP contribution in [0.2, 0.25) is 0 Å². The quantitative estimate of drug-likeness (QED) is 0.792. The van der Waals surface area contributed by atoms with Gasteiger partial charge < -0.3 is 9.64 Å². The third kappa shape index (κ3) is 2.96. The minimum atomic E-state index is 0.953. The van der Waals surface area contributed by atoms with Gasteiger partial charge in [-0.05, 0) is 57.4 Å². The molecule has 2 aromatic carbocycles. The summed E-state index contributed by atoms with van der Waals surface area (Å²) in [6.45, 7) is 6.61. The Hall–Kier alpha value is -1.96. The van der Waals surface area contributed by atoms with E-state index < -0.39 is 0 Å². The van der Waals surface area contributed by atoms with Gasteiger partial charge in [0.1, 0.15) is 5.75 Å². The molecule has 1 saturated heterocycles. The Balaban J connectivity index is 2.13. The van der Waals surface area contributed by atoms with E-state index in [0.717, 1.165) is 18.8 Å². The van der Waals surface area contributed by atoms with Crippen molar-refractivity contribution in [3.8, 4) is 16.9 Å². The molecule has 0 aromatic heterocycles. The Morgan fingerprint density at radius 3 is 2.14 bits per heavy atom. The Morgan fingerprint density at radius 2 is 1.45 bits per heavy atom. The van der Waals surface area contributed by atoms with Crippen molar-refractivity contribution in [1.82, 2.24) is 0 Å². The van der Waals surface area contributed by atoms with Crippen molar-refractivity contribution in [3.05, 3.63) is 47.5 Å². The van der Waals surface area contributed by atoms with Gasteiger partial charge in [-0.3, -0.25) is 0 Å². The molecule has 0 amide bonds. The molecule has 0 saturated carbocycles. The van der Waals surface area contributed by atoms with Gasteiger partial charge in [-0.2, -0.15) is 0 Å². The molecule has 1 fully saturated rings. The highest BCUT2D eigenvalue weighted by Gasteiger charge is 2.17. The molecule has 1 heterocycles. The zero-order valence-corrected chi connectivity index (χ0v) is 13.9. The molecule has 2 nitrogen and oxygen atoms in total. The first kappa shape index (κ1) is 15.0.